The quantitative estimate of drug-likeness (QED) is 0.825. The van der Waals surface area contributed by atoms with Crippen LogP contribution in [0.1, 0.15) is 37.8 Å². The first kappa shape index (κ1) is 14.1. The fraction of sp³-hybridized carbons (Fsp3) is 0.571. The number of hydrogen-bond acceptors (Lipinski definition) is 2. The fourth-order valence-electron chi connectivity index (χ4n) is 2.25. The molecule has 3 heteroatoms. The summed E-state index contributed by atoms with van der Waals surface area (Å²) in [6.45, 7) is 5.59. The van der Waals surface area contributed by atoms with Gasteiger partial charge in [-0.15, -0.1) is 0 Å². The largest absolute Gasteiger partial charge is 0.326 e. The number of nitrogens with two attached hydrogens (primary N) is 1. The van der Waals surface area contributed by atoms with Crippen molar-refractivity contribution < 1.29 is 4.39 Å². The number of rotatable bonds is 6. The maximum Gasteiger partial charge on any atom is 0.123 e. The van der Waals surface area contributed by atoms with Crippen molar-refractivity contribution in [3.8, 4) is 0 Å². The minimum Gasteiger partial charge on any atom is -0.326 e. The Kier molecular flexibility index (Phi) is 5.59. The minimum atomic E-state index is -0.185. The van der Waals surface area contributed by atoms with Gasteiger partial charge in [-0.3, -0.25) is 4.90 Å². The van der Waals surface area contributed by atoms with Crippen molar-refractivity contribution in [1.29, 1.82) is 0 Å². The van der Waals surface area contributed by atoms with Crippen LogP contribution in [-0.2, 0) is 13.1 Å². The maximum atomic E-state index is 13.2. The van der Waals surface area contributed by atoms with E-state index in [0.29, 0.717) is 12.6 Å². The van der Waals surface area contributed by atoms with Gasteiger partial charge in [0.2, 0.25) is 0 Å². The highest BCUT2D eigenvalue weighted by atomic mass is 19.1. The van der Waals surface area contributed by atoms with Crippen LogP contribution in [0.2, 0.25) is 0 Å². The molecule has 0 radical (unpaired) electrons. The van der Waals surface area contributed by atoms with Crippen molar-refractivity contribution in [2.24, 2.45) is 5.73 Å². The van der Waals surface area contributed by atoms with Crippen LogP contribution >= 0.6 is 0 Å². The van der Waals surface area contributed by atoms with E-state index in [1.807, 2.05) is 0 Å². The molecule has 0 heterocycles. The number of nitrogens with zero attached hydrogens (tertiary/aromatic N) is 1. The Morgan fingerprint density at radius 2 is 1.88 bits per heavy atom. The molecule has 0 spiro atoms. The molecule has 0 bridgehead atoms. The van der Waals surface area contributed by atoms with Gasteiger partial charge in [-0.1, -0.05) is 19.9 Å². The highest BCUT2D eigenvalue weighted by Gasteiger charge is 2.12. The van der Waals surface area contributed by atoms with E-state index in [4.69, 9.17) is 5.73 Å². The predicted molar refractivity (Wildman–Crippen MR) is 70.1 cm³/mol. The molecule has 0 aliphatic carbocycles. The van der Waals surface area contributed by atoms with E-state index in [9.17, 15) is 4.39 Å². The Bertz CT molecular complexity index is 348. The molecule has 0 amide bonds. The second kappa shape index (κ2) is 6.72. The van der Waals surface area contributed by atoms with E-state index in [2.05, 4.69) is 25.8 Å². The Morgan fingerprint density at radius 1 is 1.24 bits per heavy atom. The SMILES string of the molecule is CCC(CC)N(C)Cc1cc(F)ccc1CN. The molecule has 0 aliphatic heterocycles. The summed E-state index contributed by atoms with van der Waals surface area (Å²) >= 11 is 0. The molecule has 2 N–H and O–H groups in total. The summed E-state index contributed by atoms with van der Waals surface area (Å²) in [7, 11) is 2.09. The Hall–Kier alpha value is -0.930. The summed E-state index contributed by atoms with van der Waals surface area (Å²) in [4.78, 5) is 2.27. The highest BCUT2D eigenvalue weighted by Crippen LogP contribution is 2.16. The number of hydrogen-bond donors (Lipinski definition) is 1. The molecular weight excluding hydrogens is 215 g/mol. The van der Waals surface area contributed by atoms with E-state index >= 15 is 0 Å². The van der Waals surface area contributed by atoms with E-state index < -0.39 is 0 Å². The molecule has 0 fully saturated rings. The van der Waals surface area contributed by atoms with Crippen LogP contribution in [0.5, 0.6) is 0 Å². The monoisotopic (exact) mass is 238 g/mol. The molecule has 0 unspecified atom stereocenters. The van der Waals surface area contributed by atoms with Crippen molar-refractivity contribution >= 4 is 0 Å². The van der Waals surface area contributed by atoms with E-state index in [-0.39, 0.29) is 5.82 Å². The average Bonchev–Trinajstić information content (AvgIpc) is 2.31. The molecule has 1 rings (SSSR count). The van der Waals surface area contributed by atoms with Crippen LogP contribution in [0, 0.1) is 5.82 Å². The molecular formula is C14H23FN2. The summed E-state index contributed by atoms with van der Waals surface area (Å²) in [6, 6.07) is 5.40. The van der Waals surface area contributed by atoms with Gasteiger partial charge < -0.3 is 5.73 Å². The first-order chi connectivity index (χ1) is 8.12. The normalized spacial score (nSPS) is 11.5. The van der Waals surface area contributed by atoms with Gasteiger partial charge in [0.15, 0.2) is 0 Å². The molecule has 2 nitrogen and oxygen atoms in total. The highest BCUT2D eigenvalue weighted by molar-refractivity contribution is 5.27. The fourth-order valence-corrected chi connectivity index (χ4v) is 2.25. The van der Waals surface area contributed by atoms with Crippen LogP contribution in [0.3, 0.4) is 0 Å². The molecule has 0 saturated carbocycles. The molecule has 1 aromatic rings. The Balaban J connectivity index is 2.82. The molecule has 0 saturated heterocycles. The average molecular weight is 238 g/mol. The van der Waals surface area contributed by atoms with Gasteiger partial charge in [-0.25, -0.2) is 4.39 Å². The maximum absolute atomic E-state index is 13.2. The molecule has 17 heavy (non-hydrogen) atoms. The van der Waals surface area contributed by atoms with Crippen molar-refractivity contribution in [1.82, 2.24) is 4.90 Å². The van der Waals surface area contributed by atoms with Gasteiger partial charge in [0.05, 0.1) is 0 Å². The predicted octanol–water partition coefficient (Wildman–Crippen LogP) is 2.90. The lowest BCUT2D eigenvalue weighted by atomic mass is 10.0. The summed E-state index contributed by atoms with van der Waals surface area (Å²) in [5, 5.41) is 0. The second-order valence-corrected chi connectivity index (χ2v) is 4.50. The second-order valence-electron chi connectivity index (χ2n) is 4.50. The molecule has 0 aliphatic rings. The lowest BCUT2D eigenvalue weighted by Crippen LogP contribution is -2.30. The number of benzene rings is 1. The molecule has 96 valence electrons. The van der Waals surface area contributed by atoms with Crippen LogP contribution < -0.4 is 5.73 Å². The lowest BCUT2D eigenvalue weighted by molar-refractivity contribution is 0.221. The van der Waals surface area contributed by atoms with Gasteiger partial charge in [0, 0.05) is 19.1 Å². The topological polar surface area (TPSA) is 29.3 Å². The molecule has 1 aromatic carbocycles. The van der Waals surface area contributed by atoms with Crippen LogP contribution in [-0.4, -0.2) is 18.0 Å². The van der Waals surface area contributed by atoms with E-state index in [1.165, 1.54) is 6.07 Å². The minimum absolute atomic E-state index is 0.185. The Morgan fingerprint density at radius 3 is 2.41 bits per heavy atom. The molecule has 0 aromatic heterocycles. The molecule has 0 atom stereocenters. The van der Waals surface area contributed by atoms with Crippen molar-refractivity contribution in [3.63, 3.8) is 0 Å². The summed E-state index contributed by atoms with van der Waals surface area (Å²) < 4.78 is 13.2. The first-order valence-electron chi connectivity index (χ1n) is 6.29. The van der Waals surface area contributed by atoms with E-state index in [0.717, 1.165) is 30.5 Å². The standard InChI is InChI=1S/C14H23FN2/c1-4-14(5-2)17(3)10-12-8-13(15)7-6-11(12)9-16/h6-8,14H,4-5,9-10,16H2,1-3H3. The summed E-state index contributed by atoms with van der Waals surface area (Å²) in [5.74, 6) is -0.185. The van der Waals surface area contributed by atoms with Gasteiger partial charge in [-0.05, 0) is 43.1 Å². The Labute approximate surface area is 104 Å². The summed E-state index contributed by atoms with van der Waals surface area (Å²) in [5.41, 5.74) is 7.71. The third-order valence-electron chi connectivity index (χ3n) is 3.37. The van der Waals surface area contributed by atoms with Crippen LogP contribution in [0.25, 0.3) is 0 Å². The number of halogens is 1. The third-order valence-corrected chi connectivity index (χ3v) is 3.37. The van der Waals surface area contributed by atoms with Gasteiger partial charge >= 0.3 is 0 Å². The van der Waals surface area contributed by atoms with E-state index in [1.54, 1.807) is 12.1 Å². The zero-order valence-corrected chi connectivity index (χ0v) is 11.0. The zero-order chi connectivity index (χ0) is 12.8. The van der Waals surface area contributed by atoms with Crippen LogP contribution in [0.15, 0.2) is 18.2 Å². The zero-order valence-electron chi connectivity index (χ0n) is 11.0. The first-order valence-corrected chi connectivity index (χ1v) is 6.29. The summed E-state index contributed by atoms with van der Waals surface area (Å²) in [6.07, 6.45) is 2.22. The van der Waals surface area contributed by atoms with Crippen molar-refractivity contribution in [2.75, 3.05) is 7.05 Å². The van der Waals surface area contributed by atoms with Gasteiger partial charge in [0.25, 0.3) is 0 Å². The smallest absolute Gasteiger partial charge is 0.123 e. The van der Waals surface area contributed by atoms with Gasteiger partial charge in [0.1, 0.15) is 5.82 Å². The van der Waals surface area contributed by atoms with Crippen molar-refractivity contribution in [2.45, 2.75) is 45.8 Å². The van der Waals surface area contributed by atoms with Gasteiger partial charge in [-0.2, -0.15) is 0 Å². The van der Waals surface area contributed by atoms with Crippen molar-refractivity contribution in [3.05, 3.63) is 35.1 Å². The third kappa shape index (κ3) is 3.79. The lowest BCUT2D eigenvalue weighted by Gasteiger charge is -2.27. The van der Waals surface area contributed by atoms with Crippen LogP contribution in [0.4, 0.5) is 4.39 Å².